The Hall–Kier alpha value is -0.0800. The fourth-order valence-corrected chi connectivity index (χ4v) is 3.56. The van der Waals surface area contributed by atoms with Gasteiger partial charge in [0.25, 0.3) is 0 Å². The second-order valence-electron chi connectivity index (χ2n) is 4.90. The molecule has 76 valence electrons. The van der Waals surface area contributed by atoms with Gasteiger partial charge in [-0.25, -0.2) is 0 Å². The third kappa shape index (κ3) is 1.23. The molecule has 2 nitrogen and oxygen atoms in total. The maximum atomic E-state index is 6.26. The summed E-state index contributed by atoms with van der Waals surface area (Å²) in [6.07, 6.45) is 3.97. The second kappa shape index (κ2) is 3.25. The fourth-order valence-electron chi connectivity index (χ4n) is 3.56. The van der Waals surface area contributed by atoms with E-state index in [1.807, 2.05) is 0 Å². The molecule has 2 heteroatoms. The van der Waals surface area contributed by atoms with E-state index in [-0.39, 0.29) is 0 Å². The molecule has 13 heavy (non-hydrogen) atoms. The molecule has 4 atom stereocenters. The summed E-state index contributed by atoms with van der Waals surface area (Å²) in [5, 5.41) is 0. The van der Waals surface area contributed by atoms with E-state index in [2.05, 4.69) is 25.7 Å². The molecule has 0 aromatic heterocycles. The Morgan fingerprint density at radius 1 is 1.31 bits per heavy atom. The Bertz CT molecular complexity index is 191. The molecule has 0 aromatic rings. The van der Waals surface area contributed by atoms with Crippen LogP contribution in [0.2, 0.25) is 0 Å². The fraction of sp³-hybridized carbons (Fsp3) is 1.00. The van der Waals surface area contributed by atoms with Crippen LogP contribution in [0.3, 0.4) is 0 Å². The van der Waals surface area contributed by atoms with Gasteiger partial charge in [0.15, 0.2) is 0 Å². The molecule has 2 aliphatic heterocycles. The van der Waals surface area contributed by atoms with Crippen LogP contribution in [-0.4, -0.2) is 29.1 Å². The van der Waals surface area contributed by atoms with Crippen LogP contribution < -0.4 is 5.73 Å². The smallest absolute Gasteiger partial charge is 0.0256 e. The van der Waals surface area contributed by atoms with Gasteiger partial charge >= 0.3 is 0 Å². The van der Waals surface area contributed by atoms with E-state index < -0.39 is 0 Å². The van der Waals surface area contributed by atoms with E-state index in [4.69, 9.17) is 5.73 Å². The lowest BCUT2D eigenvalue weighted by Gasteiger charge is -2.27. The number of nitrogens with two attached hydrogens (primary N) is 1. The minimum absolute atomic E-state index is 0.450. The van der Waals surface area contributed by atoms with Gasteiger partial charge in [-0.05, 0) is 32.6 Å². The van der Waals surface area contributed by atoms with E-state index >= 15 is 0 Å². The van der Waals surface area contributed by atoms with Gasteiger partial charge in [-0.15, -0.1) is 0 Å². The van der Waals surface area contributed by atoms with E-state index in [0.717, 1.165) is 12.0 Å². The lowest BCUT2D eigenvalue weighted by atomic mass is 9.83. The van der Waals surface area contributed by atoms with Crippen LogP contribution in [0.5, 0.6) is 0 Å². The first-order valence-electron chi connectivity index (χ1n) is 5.69. The molecule has 0 amide bonds. The summed E-state index contributed by atoms with van der Waals surface area (Å²) in [5.74, 6) is 0.765. The highest BCUT2D eigenvalue weighted by Gasteiger charge is 2.51. The normalized spacial score (nSPS) is 45.0. The summed E-state index contributed by atoms with van der Waals surface area (Å²) >= 11 is 0. The van der Waals surface area contributed by atoms with Gasteiger partial charge in [-0.1, -0.05) is 13.3 Å². The highest BCUT2D eigenvalue weighted by atomic mass is 15.3. The Balaban J connectivity index is 2.17. The summed E-state index contributed by atoms with van der Waals surface area (Å²) < 4.78 is 0. The van der Waals surface area contributed by atoms with E-state index in [1.165, 1.54) is 19.3 Å². The molecule has 2 N–H and O–H groups in total. The predicted molar refractivity (Wildman–Crippen MR) is 55.5 cm³/mol. The zero-order valence-corrected chi connectivity index (χ0v) is 9.03. The molecule has 0 aromatic carbocycles. The van der Waals surface area contributed by atoms with Crippen LogP contribution in [0.25, 0.3) is 0 Å². The minimum atomic E-state index is 0.450. The topological polar surface area (TPSA) is 29.3 Å². The molecule has 0 aliphatic carbocycles. The zero-order chi connectivity index (χ0) is 9.59. The van der Waals surface area contributed by atoms with Gasteiger partial charge in [0.2, 0.25) is 0 Å². The lowest BCUT2D eigenvalue weighted by molar-refractivity contribution is 0.186. The van der Waals surface area contributed by atoms with Gasteiger partial charge in [-0.2, -0.15) is 0 Å². The van der Waals surface area contributed by atoms with Crippen molar-refractivity contribution in [3.05, 3.63) is 0 Å². The lowest BCUT2D eigenvalue weighted by Crippen LogP contribution is -2.41. The summed E-state index contributed by atoms with van der Waals surface area (Å²) in [6.45, 7) is 6.88. The summed E-state index contributed by atoms with van der Waals surface area (Å²) in [7, 11) is 0. The van der Waals surface area contributed by atoms with E-state index in [1.54, 1.807) is 0 Å². The quantitative estimate of drug-likeness (QED) is 0.703. The molecule has 2 saturated heterocycles. The standard InChI is InChI=1S/C11H22N2/c1-4-8-9-5-6-10(11(8)12)13(9)7(2)3/h7-11H,4-6,12H2,1-3H3/t8-,9-,10+,11-/m0/s1. The van der Waals surface area contributed by atoms with Crippen molar-refractivity contribution < 1.29 is 0 Å². The van der Waals surface area contributed by atoms with Gasteiger partial charge in [-0.3, -0.25) is 4.90 Å². The number of hydrogen-bond donors (Lipinski definition) is 1. The molecular weight excluding hydrogens is 160 g/mol. The first kappa shape index (κ1) is 9.47. The van der Waals surface area contributed by atoms with Gasteiger partial charge in [0.05, 0.1) is 0 Å². The van der Waals surface area contributed by atoms with Crippen molar-refractivity contribution in [3.63, 3.8) is 0 Å². The Kier molecular flexibility index (Phi) is 2.37. The van der Waals surface area contributed by atoms with Gasteiger partial charge in [0, 0.05) is 24.2 Å². The highest BCUT2D eigenvalue weighted by molar-refractivity contribution is 5.08. The Morgan fingerprint density at radius 3 is 2.31 bits per heavy atom. The molecule has 2 rings (SSSR count). The van der Waals surface area contributed by atoms with Crippen molar-refractivity contribution >= 4 is 0 Å². The van der Waals surface area contributed by atoms with Crippen molar-refractivity contribution in [2.45, 2.75) is 64.2 Å². The number of fused-ring (bicyclic) bond motifs is 2. The molecule has 2 fully saturated rings. The van der Waals surface area contributed by atoms with Crippen LogP contribution >= 0.6 is 0 Å². The average molecular weight is 182 g/mol. The monoisotopic (exact) mass is 182 g/mol. The third-order valence-electron chi connectivity index (χ3n) is 4.02. The minimum Gasteiger partial charge on any atom is -0.326 e. The molecule has 2 aliphatic rings. The van der Waals surface area contributed by atoms with Gasteiger partial charge in [0.1, 0.15) is 0 Å². The molecule has 0 unspecified atom stereocenters. The van der Waals surface area contributed by atoms with Crippen LogP contribution in [0.1, 0.15) is 40.0 Å². The van der Waals surface area contributed by atoms with Crippen molar-refractivity contribution in [3.8, 4) is 0 Å². The van der Waals surface area contributed by atoms with Crippen LogP contribution in [0.4, 0.5) is 0 Å². The Labute approximate surface area is 81.5 Å². The third-order valence-corrected chi connectivity index (χ3v) is 4.02. The molecule has 2 bridgehead atoms. The summed E-state index contributed by atoms with van der Waals surface area (Å²) in [4.78, 5) is 2.67. The van der Waals surface area contributed by atoms with Crippen molar-refractivity contribution in [1.29, 1.82) is 0 Å². The highest BCUT2D eigenvalue weighted by Crippen LogP contribution is 2.43. The SMILES string of the molecule is CC[C@@H]1[C@H](N)[C@H]2CC[C@@H]1N2C(C)C. The van der Waals surface area contributed by atoms with Crippen LogP contribution in [0.15, 0.2) is 0 Å². The molecule has 0 spiro atoms. The molecule has 0 radical (unpaired) electrons. The van der Waals surface area contributed by atoms with Crippen LogP contribution in [0, 0.1) is 5.92 Å². The van der Waals surface area contributed by atoms with Gasteiger partial charge < -0.3 is 5.73 Å². The molecule has 0 saturated carbocycles. The second-order valence-corrected chi connectivity index (χ2v) is 4.90. The zero-order valence-electron chi connectivity index (χ0n) is 9.03. The summed E-state index contributed by atoms with van der Waals surface area (Å²) in [6, 6.07) is 2.62. The maximum Gasteiger partial charge on any atom is 0.0256 e. The van der Waals surface area contributed by atoms with E-state index in [0.29, 0.717) is 18.1 Å². The number of rotatable bonds is 2. The Morgan fingerprint density at radius 2 is 1.92 bits per heavy atom. The van der Waals surface area contributed by atoms with Crippen molar-refractivity contribution in [2.24, 2.45) is 11.7 Å². The predicted octanol–water partition coefficient (Wildman–Crippen LogP) is 1.59. The largest absolute Gasteiger partial charge is 0.326 e. The van der Waals surface area contributed by atoms with Crippen molar-refractivity contribution in [2.75, 3.05) is 0 Å². The van der Waals surface area contributed by atoms with Crippen LogP contribution in [-0.2, 0) is 0 Å². The molecular formula is C11H22N2. The first-order valence-corrected chi connectivity index (χ1v) is 5.69. The molecule has 2 heterocycles. The van der Waals surface area contributed by atoms with E-state index in [9.17, 15) is 0 Å². The number of hydrogen-bond acceptors (Lipinski definition) is 2. The first-order chi connectivity index (χ1) is 6.16. The maximum absolute atomic E-state index is 6.26. The van der Waals surface area contributed by atoms with Crippen molar-refractivity contribution in [1.82, 2.24) is 4.90 Å². The summed E-state index contributed by atoms with van der Waals surface area (Å²) in [5.41, 5.74) is 6.26. The average Bonchev–Trinajstić information content (AvgIpc) is 2.59. The number of nitrogens with zero attached hydrogens (tertiary/aromatic N) is 1.